The lowest BCUT2D eigenvalue weighted by molar-refractivity contribution is 0.281. The van der Waals surface area contributed by atoms with Crippen molar-refractivity contribution in [2.24, 2.45) is 0 Å². The summed E-state index contributed by atoms with van der Waals surface area (Å²) in [6.07, 6.45) is 0.668. The van der Waals surface area contributed by atoms with Crippen molar-refractivity contribution in [3.8, 4) is 0 Å². The van der Waals surface area contributed by atoms with Gasteiger partial charge in [-0.25, -0.2) is 4.98 Å². The van der Waals surface area contributed by atoms with Crippen molar-refractivity contribution in [1.29, 1.82) is 0 Å². The summed E-state index contributed by atoms with van der Waals surface area (Å²) in [5, 5.41) is 9.13. The van der Waals surface area contributed by atoms with Gasteiger partial charge in [-0.05, 0) is 11.1 Å². The van der Waals surface area contributed by atoms with E-state index in [0.717, 1.165) is 11.1 Å². The van der Waals surface area contributed by atoms with Crippen LogP contribution in [0.4, 0.5) is 10.2 Å². The molecular weight excluding hydrogens is 261 g/mol. The lowest BCUT2D eigenvalue weighted by atomic mass is 10.1. The van der Waals surface area contributed by atoms with E-state index in [9.17, 15) is 4.39 Å². The molecule has 0 aliphatic rings. The molecule has 2 aromatic heterocycles. The molecular formula is C13H12FN5O. The molecule has 0 saturated heterocycles. The number of halogens is 1. The molecule has 3 rings (SSSR count). The Morgan fingerprint density at radius 2 is 2.05 bits per heavy atom. The monoisotopic (exact) mass is 273 g/mol. The van der Waals surface area contributed by atoms with E-state index >= 15 is 0 Å². The molecule has 0 bridgehead atoms. The maximum Gasteiger partial charge on any atom is 0.312 e. The molecule has 0 fully saturated rings. The van der Waals surface area contributed by atoms with Crippen LogP contribution in [0.2, 0.25) is 0 Å². The SMILES string of the molecule is Nc1nc(F)nc2c1ncn2Cc1cccc(CO)c1. The van der Waals surface area contributed by atoms with Crippen LogP contribution in [-0.4, -0.2) is 24.6 Å². The molecule has 0 radical (unpaired) electrons. The van der Waals surface area contributed by atoms with Crippen molar-refractivity contribution < 1.29 is 9.50 Å². The molecule has 102 valence electrons. The molecule has 6 nitrogen and oxygen atoms in total. The Morgan fingerprint density at radius 1 is 1.25 bits per heavy atom. The Hall–Kier alpha value is -2.54. The van der Waals surface area contributed by atoms with Crippen LogP contribution in [0.1, 0.15) is 11.1 Å². The molecule has 0 amide bonds. The summed E-state index contributed by atoms with van der Waals surface area (Å²) >= 11 is 0. The van der Waals surface area contributed by atoms with E-state index in [4.69, 9.17) is 10.8 Å². The minimum Gasteiger partial charge on any atom is -0.392 e. The highest BCUT2D eigenvalue weighted by Crippen LogP contribution is 2.17. The number of hydrogen-bond acceptors (Lipinski definition) is 5. The minimum atomic E-state index is -0.874. The molecule has 7 heteroatoms. The molecule has 0 aliphatic heterocycles. The Labute approximate surface area is 113 Å². The molecule has 3 aromatic rings. The number of rotatable bonds is 3. The second-order valence-corrected chi connectivity index (χ2v) is 4.40. The average molecular weight is 273 g/mol. The van der Waals surface area contributed by atoms with Gasteiger partial charge in [0, 0.05) is 0 Å². The van der Waals surface area contributed by atoms with Crippen molar-refractivity contribution in [3.63, 3.8) is 0 Å². The first kappa shape index (κ1) is 12.5. The summed E-state index contributed by atoms with van der Waals surface area (Å²) in [6, 6.07) is 7.46. The number of benzene rings is 1. The maximum absolute atomic E-state index is 13.2. The van der Waals surface area contributed by atoms with Crippen LogP contribution in [0, 0.1) is 6.08 Å². The van der Waals surface area contributed by atoms with Gasteiger partial charge in [-0.1, -0.05) is 24.3 Å². The summed E-state index contributed by atoms with van der Waals surface area (Å²) in [6.45, 7) is 0.433. The summed E-state index contributed by atoms with van der Waals surface area (Å²) in [5.74, 6) is 0.0235. The van der Waals surface area contributed by atoms with Crippen molar-refractivity contribution in [2.75, 3.05) is 5.73 Å². The number of nitrogens with zero attached hydrogens (tertiary/aromatic N) is 4. The summed E-state index contributed by atoms with van der Waals surface area (Å²) < 4.78 is 14.9. The van der Waals surface area contributed by atoms with Gasteiger partial charge in [0.1, 0.15) is 5.52 Å². The molecule has 0 spiro atoms. The van der Waals surface area contributed by atoms with Crippen LogP contribution >= 0.6 is 0 Å². The van der Waals surface area contributed by atoms with Gasteiger partial charge in [-0.15, -0.1) is 0 Å². The molecule has 20 heavy (non-hydrogen) atoms. The third kappa shape index (κ3) is 2.19. The van der Waals surface area contributed by atoms with E-state index < -0.39 is 6.08 Å². The topological polar surface area (TPSA) is 89.9 Å². The maximum atomic E-state index is 13.2. The Bertz CT molecular complexity index is 771. The number of fused-ring (bicyclic) bond motifs is 1. The van der Waals surface area contributed by atoms with E-state index in [-0.39, 0.29) is 12.4 Å². The molecule has 3 N–H and O–H groups in total. The van der Waals surface area contributed by atoms with E-state index in [2.05, 4.69) is 15.0 Å². The Morgan fingerprint density at radius 3 is 2.85 bits per heavy atom. The number of nitrogen functional groups attached to an aromatic ring is 1. The van der Waals surface area contributed by atoms with Crippen LogP contribution in [0.5, 0.6) is 0 Å². The second-order valence-electron chi connectivity index (χ2n) is 4.40. The highest BCUT2D eigenvalue weighted by atomic mass is 19.1. The van der Waals surface area contributed by atoms with Gasteiger partial charge >= 0.3 is 6.08 Å². The van der Waals surface area contributed by atoms with Crippen molar-refractivity contribution in [1.82, 2.24) is 19.5 Å². The average Bonchev–Trinajstić information content (AvgIpc) is 2.82. The molecule has 1 aromatic carbocycles. The lowest BCUT2D eigenvalue weighted by Crippen LogP contribution is -2.03. The highest BCUT2D eigenvalue weighted by molar-refractivity contribution is 5.81. The molecule has 0 aliphatic carbocycles. The largest absolute Gasteiger partial charge is 0.392 e. The fourth-order valence-corrected chi connectivity index (χ4v) is 2.08. The summed E-state index contributed by atoms with van der Waals surface area (Å²) in [4.78, 5) is 11.3. The quantitative estimate of drug-likeness (QED) is 0.697. The Kier molecular flexibility index (Phi) is 3.03. The summed E-state index contributed by atoms with van der Waals surface area (Å²) in [7, 11) is 0. The normalized spacial score (nSPS) is 11.1. The Balaban J connectivity index is 2.02. The van der Waals surface area contributed by atoms with Crippen molar-refractivity contribution in [3.05, 3.63) is 47.8 Å². The van der Waals surface area contributed by atoms with E-state index in [1.807, 2.05) is 24.3 Å². The molecule has 2 heterocycles. The second kappa shape index (κ2) is 4.86. The number of nitrogens with two attached hydrogens (primary N) is 1. The van der Waals surface area contributed by atoms with Gasteiger partial charge in [0.05, 0.1) is 19.5 Å². The third-order valence-corrected chi connectivity index (χ3v) is 2.99. The first-order chi connectivity index (χ1) is 9.67. The molecule has 0 unspecified atom stereocenters. The predicted molar refractivity (Wildman–Crippen MR) is 71.2 cm³/mol. The van der Waals surface area contributed by atoms with Gasteiger partial charge < -0.3 is 15.4 Å². The smallest absolute Gasteiger partial charge is 0.312 e. The fourth-order valence-electron chi connectivity index (χ4n) is 2.08. The number of aromatic nitrogens is 4. The molecule has 0 atom stereocenters. The van der Waals surface area contributed by atoms with Gasteiger partial charge in [0.25, 0.3) is 0 Å². The van der Waals surface area contributed by atoms with E-state index in [1.54, 1.807) is 10.9 Å². The lowest BCUT2D eigenvalue weighted by Gasteiger charge is -2.05. The molecule has 0 saturated carbocycles. The van der Waals surface area contributed by atoms with Crippen LogP contribution in [0.15, 0.2) is 30.6 Å². The van der Waals surface area contributed by atoms with E-state index in [1.165, 1.54) is 0 Å². The zero-order valence-corrected chi connectivity index (χ0v) is 10.5. The third-order valence-electron chi connectivity index (χ3n) is 2.99. The number of hydrogen-bond donors (Lipinski definition) is 2. The van der Waals surface area contributed by atoms with E-state index in [0.29, 0.717) is 17.7 Å². The van der Waals surface area contributed by atoms with Gasteiger partial charge in [0.2, 0.25) is 0 Å². The van der Waals surface area contributed by atoms with Crippen molar-refractivity contribution >= 4 is 17.0 Å². The first-order valence-electron chi connectivity index (χ1n) is 6.00. The number of aliphatic hydroxyl groups is 1. The van der Waals surface area contributed by atoms with Crippen LogP contribution in [0.25, 0.3) is 11.2 Å². The van der Waals surface area contributed by atoms with Crippen LogP contribution < -0.4 is 5.73 Å². The van der Waals surface area contributed by atoms with Crippen LogP contribution in [-0.2, 0) is 13.2 Å². The number of anilines is 1. The van der Waals surface area contributed by atoms with Crippen LogP contribution in [0.3, 0.4) is 0 Å². The number of aliphatic hydroxyl groups excluding tert-OH is 1. The summed E-state index contributed by atoms with van der Waals surface area (Å²) in [5.41, 5.74) is 8.10. The minimum absolute atomic E-state index is 0.0235. The standard InChI is InChI=1S/C13H12FN5O/c14-13-17-11(15)10-12(18-13)19(7-16-10)5-8-2-1-3-9(4-8)6-20/h1-4,7,20H,5-6H2,(H2,15,17,18). The van der Waals surface area contributed by atoms with Gasteiger partial charge in [-0.2, -0.15) is 14.4 Å². The van der Waals surface area contributed by atoms with Gasteiger partial charge in [0.15, 0.2) is 11.5 Å². The predicted octanol–water partition coefficient (Wildman–Crippen LogP) is 1.09. The number of imidazole rings is 1. The zero-order valence-electron chi connectivity index (χ0n) is 10.5. The zero-order chi connectivity index (χ0) is 14.1. The van der Waals surface area contributed by atoms with Gasteiger partial charge in [-0.3, -0.25) is 0 Å². The first-order valence-corrected chi connectivity index (χ1v) is 6.00. The van der Waals surface area contributed by atoms with Crippen molar-refractivity contribution in [2.45, 2.75) is 13.2 Å². The highest BCUT2D eigenvalue weighted by Gasteiger charge is 2.11. The fraction of sp³-hybridized carbons (Fsp3) is 0.154.